The zero-order valence-electron chi connectivity index (χ0n) is 8.37. The molecule has 0 saturated carbocycles. The largest absolute Gasteiger partial charge is 0.328 e. The topological polar surface area (TPSA) is 49.6 Å². The van der Waals surface area contributed by atoms with E-state index in [0.717, 1.165) is 6.54 Å². The van der Waals surface area contributed by atoms with E-state index in [0.29, 0.717) is 6.54 Å². The quantitative estimate of drug-likeness (QED) is 0.669. The van der Waals surface area contributed by atoms with Crippen LogP contribution in [0.1, 0.15) is 13.8 Å². The number of hydrogen-bond donors (Lipinski definition) is 1. The molecule has 1 atom stereocenters. The third kappa shape index (κ3) is 2.70. The van der Waals surface area contributed by atoms with Crippen LogP contribution in [0, 0.1) is 0 Å². The van der Waals surface area contributed by atoms with E-state index in [2.05, 4.69) is 0 Å². The molecule has 72 valence electrons. The maximum Gasteiger partial charge on any atom is 0.319 e. The number of nitrogens with two attached hydrogens (primary N) is 1. The lowest BCUT2D eigenvalue weighted by Gasteiger charge is -2.28. The normalized spacial score (nSPS) is 12.4. The number of urea groups is 1. The molecule has 12 heavy (non-hydrogen) atoms. The molecule has 0 aliphatic heterocycles. The third-order valence-corrected chi connectivity index (χ3v) is 2.10. The maximum atomic E-state index is 11.5. The van der Waals surface area contributed by atoms with Crippen LogP contribution >= 0.6 is 0 Å². The second-order valence-corrected chi connectivity index (χ2v) is 2.99. The highest BCUT2D eigenvalue weighted by Crippen LogP contribution is 1.98. The molecule has 1 unspecified atom stereocenters. The van der Waals surface area contributed by atoms with Gasteiger partial charge in [0.1, 0.15) is 0 Å². The SMILES string of the molecule is CCN(C)C(=O)N(C)C(C)CN. The minimum atomic E-state index is 0.0236. The molecular formula is C8H19N3O. The first-order valence-electron chi connectivity index (χ1n) is 4.22. The van der Waals surface area contributed by atoms with E-state index in [9.17, 15) is 4.79 Å². The Labute approximate surface area is 74.3 Å². The Morgan fingerprint density at radius 2 is 2.00 bits per heavy atom. The maximum absolute atomic E-state index is 11.5. The highest BCUT2D eigenvalue weighted by Gasteiger charge is 2.16. The minimum Gasteiger partial charge on any atom is -0.328 e. The summed E-state index contributed by atoms with van der Waals surface area (Å²) >= 11 is 0. The van der Waals surface area contributed by atoms with Gasteiger partial charge in [-0.3, -0.25) is 0 Å². The molecule has 0 heterocycles. The van der Waals surface area contributed by atoms with Gasteiger partial charge in [0, 0.05) is 33.2 Å². The summed E-state index contributed by atoms with van der Waals surface area (Å²) < 4.78 is 0. The fraction of sp³-hybridized carbons (Fsp3) is 0.875. The minimum absolute atomic E-state index is 0.0236. The van der Waals surface area contributed by atoms with Crippen molar-refractivity contribution >= 4 is 6.03 Å². The summed E-state index contributed by atoms with van der Waals surface area (Å²) in [5, 5.41) is 0. The molecule has 0 aliphatic rings. The van der Waals surface area contributed by atoms with Crippen molar-refractivity contribution in [2.45, 2.75) is 19.9 Å². The van der Waals surface area contributed by atoms with Crippen LogP contribution in [0.5, 0.6) is 0 Å². The first kappa shape index (κ1) is 11.2. The van der Waals surface area contributed by atoms with Crippen LogP contribution in [0.25, 0.3) is 0 Å². The van der Waals surface area contributed by atoms with E-state index < -0.39 is 0 Å². The van der Waals surface area contributed by atoms with Crippen molar-refractivity contribution in [2.75, 3.05) is 27.2 Å². The summed E-state index contributed by atoms with van der Waals surface area (Å²) in [6.07, 6.45) is 0. The molecule has 0 radical (unpaired) electrons. The predicted molar refractivity (Wildman–Crippen MR) is 50.0 cm³/mol. The van der Waals surface area contributed by atoms with E-state index in [1.807, 2.05) is 13.8 Å². The second kappa shape index (κ2) is 4.98. The van der Waals surface area contributed by atoms with Crippen LogP contribution in [0.15, 0.2) is 0 Å². The van der Waals surface area contributed by atoms with E-state index >= 15 is 0 Å². The molecule has 0 aromatic carbocycles. The van der Waals surface area contributed by atoms with Gasteiger partial charge in [0.25, 0.3) is 0 Å². The number of amides is 2. The summed E-state index contributed by atoms with van der Waals surface area (Å²) in [5.74, 6) is 0. The summed E-state index contributed by atoms with van der Waals surface area (Å²) in [6, 6.07) is 0.127. The average Bonchev–Trinajstić information content (AvgIpc) is 2.12. The number of carbonyl (C=O) groups is 1. The summed E-state index contributed by atoms with van der Waals surface area (Å²) in [4.78, 5) is 14.8. The number of hydrogen-bond acceptors (Lipinski definition) is 2. The summed E-state index contributed by atoms with van der Waals surface area (Å²) in [7, 11) is 3.55. The van der Waals surface area contributed by atoms with E-state index in [-0.39, 0.29) is 12.1 Å². The van der Waals surface area contributed by atoms with Crippen molar-refractivity contribution in [3.05, 3.63) is 0 Å². The first-order valence-corrected chi connectivity index (χ1v) is 4.22. The molecule has 2 amide bonds. The van der Waals surface area contributed by atoms with Gasteiger partial charge in [-0.2, -0.15) is 0 Å². The molecule has 0 aromatic heterocycles. The Bertz CT molecular complexity index is 149. The Morgan fingerprint density at radius 3 is 2.33 bits per heavy atom. The van der Waals surface area contributed by atoms with Gasteiger partial charge in [-0.05, 0) is 13.8 Å². The van der Waals surface area contributed by atoms with Gasteiger partial charge in [0.2, 0.25) is 0 Å². The highest BCUT2D eigenvalue weighted by atomic mass is 16.2. The second-order valence-electron chi connectivity index (χ2n) is 2.99. The molecule has 0 rings (SSSR count). The van der Waals surface area contributed by atoms with Gasteiger partial charge in [-0.25, -0.2) is 4.79 Å². The first-order chi connectivity index (χ1) is 5.54. The molecule has 2 N–H and O–H groups in total. The van der Waals surface area contributed by atoms with Gasteiger partial charge < -0.3 is 15.5 Å². The van der Waals surface area contributed by atoms with Crippen LogP contribution in [0.4, 0.5) is 4.79 Å². The van der Waals surface area contributed by atoms with E-state index in [4.69, 9.17) is 5.73 Å². The van der Waals surface area contributed by atoms with Gasteiger partial charge in [0.05, 0.1) is 0 Å². The van der Waals surface area contributed by atoms with E-state index in [1.54, 1.807) is 23.9 Å². The molecule has 4 nitrogen and oxygen atoms in total. The van der Waals surface area contributed by atoms with Gasteiger partial charge in [0.15, 0.2) is 0 Å². The molecule has 0 spiro atoms. The van der Waals surface area contributed by atoms with Crippen molar-refractivity contribution in [3.63, 3.8) is 0 Å². The zero-order valence-corrected chi connectivity index (χ0v) is 8.37. The average molecular weight is 173 g/mol. The lowest BCUT2D eigenvalue weighted by molar-refractivity contribution is 0.162. The standard InChI is InChI=1S/C8H19N3O/c1-5-10(3)8(12)11(4)7(2)6-9/h7H,5-6,9H2,1-4H3. The fourth-order valence-corrected chi connectivity index (χ4v) is 0.751. The van der Waals surface area contributed by atoms with Crippen LogP contribution in [0.3, 0.4) is 0 Å². The van der Waals surface area contributed by atoms with Crippen LogP contribution < -0.4 is 5.73 Å². The number of rotatable bonds is 3. The van der Waals surface area contributed by atoms with Crippen molar-refractivity contribution in [1.82, 2.24) is 9.80 Å². The number of likely N-dealkylation sites (N-methyl/N-ethyl adjacent to an activating group) is 1. The zero-order chi connectivity index (χ0) is 9.72. The van der Waals surface area contributed by atoms with E-state index in [1.165, 1.54) is 0 Å². The predicted octanol–water partition coefficient (Wildman–Crippen LogP) is 0.337. The highest BCUT2D eigenvalue weighted by molar-refractivity contribution is 5.74. The third-order valence-electron chi connectivity index (χ3n) is 2.10. The number of nitrogens with zero attached hydrogens (tertiary/aromatic N) is 2. The molecule has 4 heteroatoms. The molecule has 0 fully saturated rings. The van der Waals surface area contributed by atoms with Crippen molar-refractivity contribution in [2.24, 2.45) is 5.73 Å². The molecule has 0 aromatic rings. The van der Waals surface area contributed by atoms with Crippen molar-refractivity contribution < 1.29 is 4.79 Å². The Kier molecular flexibility index (Phi) is 4.66. The Balaban J connectivity index is 4.09. The molecular weight excluding hydrogens is 154 g/mol. The van der Waals surface area contributed by atoms with Gasteiger partial charge in [-0.1, -0.05) is 0 Å². The Hall–Kier alpha value is -0.770. The lowest BCUT2D eigenvalue weighted by Crippen LogP contribution is -2.45. The monoisotopic (exact) mass is 173 g/mol. The van der Waals surface area contributed by atoms with Crippen LogP contribution in [-0.4, -0.2) is 49.1 Å². The van der Waals surface area contributed by atoms with Crippen molar-refractivity contribution in [1.29, 1.82) is 0 Å². The summed E-state index contributed by atoms with van der Waals surface area (Å²) in [5.41, 5.74) is 5.44. The fourth-order valence-electron chi connectivity index (χ4n) is 0.751. The van der Waals surface area contributed by atoms with Gasteiger partial charge >= 0.3 is 6.03 Å². The van der Waals surface area contributed by atoms with Gasteiger partial charge in [-0.15, -0.1) is 0 Å². The Morgan fingerprint density at radius 1 is 1.50 bits per heavy atom. The molecule has 0 saturated heterocycles. The van der Waals surface area contributed by atoms with Crippen LogP contribution in [0.2, 0.25) is 0 Å². The number of carbonyl (C=O) groups excluding carboxylic acids is 1. The lowest BCUT2D eigenvalue weighted by atomic mass is 10.3. The smallest absolute Gasteiger partial charge is 0.319 e. The van der Waals surface area contributed by atoms with Crippen LogP contribution in [-0.2, 0) is 0 Å². The molecule has 0 bridgehead atoms. The summed E-state index contributed by atoms with van der Waals surface area (Å²) in [6.45, 7) is 5.10. The van der Waals surface area contributed by atoms with Crippen molar-refractivity contribution in [3.8, 4) is 0 Å². The molecule has 0 aliphatic carbocycles.